The molecule has 138 valence electrons. The van der Waals surface area contributed by atoms with E-state index in [0.717, 1.165) is 5.56 Å². The Morgan fingerprint density at radius 3 is 2.37 bits per heavy atom. The smallest absolute Gasteiger partial charge is 0.338 e. The molecule has 6 nitrogen and oxygen atoms in total. The maximum absolute atomic E-state index is 12.5. The first-order chi connectivity index (χ1) is 13.1. The van der Waals surface area contributed by atoms with Crippen molar-refractivity contribution in [1.82, 2.24) is 10.6 Å². The molecule has 0 fully saturated rings. The van der Waals surface area contributed by atoms with Gasteiger partial charge in [0.25, 0.3) is 0 Å². The molecule has 1 atom stereocenters. The first kappa shape index (κ1) is 18.3. The van der Waals surface area contributed by atoms with Crippen LogP contribution in [0, 0.1) is 0 Å². The number of methoxy groups -OCH3 is 2. The molecule has 2 aromatic rings. The highest BCUT2D eigenvalue weighted by Crippen LogP contribution is 2.25. The topological polar surface area (TPSA) is 76.7 Å². The summed E-state index contributed by atoms with van der Waals surface area (Å²) in [6.07, 6.45) is 3.62. The highest BCUT2D eigenvalue weighted by molar-refractivity contribution is 6.05. The summed E-state index contributed by atoms with van der Waals surface area (Å²) in [4.78, 5) is 24.7. The lowest BCUT2D eigenvalue weighted by atomic mass is 9.97. The van der Waals surface area contributed by atoms with E-state index in [9.17, 15) is 9.59 Å². The number of amides is 2. The van der Waals surface area contributed by atoms with Gasteiger partial charge >= 0.3 is 12.0 Å². The van der Waals surface area contributed by atoms with Gasteiger partial charge in [-0.05, 0) is 35.4 Å². The number of ether oxygens (including phenoxy) is 2. The Morgan fingerprint density at radius 1 is 1.04 bits per heavy atom. The van der Waals surface area contributed by atoms with Gasteiger partial charge in [0, 0.05) is 0 Å². The van der Waals surface area contributed by atoms with Crippen LogP contribution in [0.2, 0.25) is 0 Å². The van der Waals surface area contributed by atoms with E-state index in [0.29, 0.717) is 22.6 Å². The number of benzene rings is 2. The van der Waals surface area contributed by atoms with Crippen molar-refractivity contribution in [2.75, 3.05) is 14.2 Å². The third-order valence-corrected chi connectivity index (χ3v) is 4.17. The first-order valence-electron chi connectivity index (χ1n) is 8.40. The van der Waals surface area contributed by atoms with E-state index in [-0.39, 0.29) is 0 Å². The lowest BCUT2D eigenvalue weighted by Crippen LogP contribution is -2.49. The van der Waals surface area contributed by atoms with E-state index in [1.54, 1.807) is 37.5 Å². The molecular formula is C21H20N2O4. The Balaban J connectivity index is 2.04. The second-order valence-electron chi connectivity index (χ2n) is 5.85. The van der Waals surface area contributed by atoms with Crippen molar-refractivity contribution in [2.45, 2.75) is 6.04 Å². The maximum Gasteiger partial charge on any atom is 0.338 e. The lowest BCUT2D eigenvalue weighted by Gasteiger charge is -2.27. The summed E-state index contributed by atoms with van der Waals surface area (Å²) in [6, 6.07) is 15.7. The molecule has 0 saturated carbocycles. The van der Waals surface area contributed by atoms with Crippen molar-refractivity contribution in [3.05, 3.63) is 77.4 Å². The number of carbonyl (C=O) groups is 2. The molecule has 0 saturated heterocycles. The van der Waals surface area contributed by atoms with Gasteiger partial charge in [0.15, 0.2) is 0 Å². The summed E-state index contributed by atoms with van der Waals surface area (Å²) >= 11 is 0. The van der Waals surface area contributed by atoms with Crippen LogP contribution in [0.5, 0.6) is 5.75 Å². The Morgan fingerprint density at radius 2 is 1.74 bits per heavy atom. The molecule has 3 rings (SSSR count). The van der Waals surface area contributed by atoms with Gasteiger partial charge in [0.05, 0.1) is 31.5 Å². The summed E-state index contributed by atoms with van der Waals surface area (Å²) in [5.41, 5.74) is 2.38. The quantitative estimate of drug-likeness (QED) is 0.800. The fourth-order valence-electron chi connectivity index (χ4n) is 2.83. The molecule has 0 spiro atoms. The van der Waals surface area contributed by atoms with Crippen LogP contribution in [0.4, 0.5) is 4.79 Å². The molecular weight excluding hydrogens is 344 g/mol. The van der Waals surface area contributed by atoms with Gasteiger partial charge in [-0.3, -0.25) is 0 Å². The minimum Gasteiger partial charge on any atom is -0.497 e. The molecule has 6 heteroatoms. The van der Waals surface area contributed by atoms with Gasteiger partial charge < -0.3 is 20.1 Å². The Labute approximate surface area is 157 Å². The highest BCUT2D eigenvalue weighted by atomic mass is 16.5. The third-order valence-electron chi connectivity index (χ3n) is 4.17. The molecule has 1 aliphatic rings. The molecule has 0 bridgehead atoms. The first-order valence-corrected chi connectivity index (χ1v) is 8.40. The van der Waals surface area contributed by atoms with E-state index in [1.807, 2.05) is 36.4 Å². The van der Waals surface area contributed by atoms with Gasteiger partial charge in [-0.15, -0.1) is 0 Å². The average molecular weight is 364 g/mol. The summed E-state index contributed by atoms with van der Waals surface area (Å²) < 4.78 is 10.1. The molecule has 2 amide bonds. The Bertz CT molecular complexity index is 886. The maximum atomic E-state index is 12.5. The summed E-state index contributed by atoms with van der Waals surface area (Å²) in [5.74, 6) is 0.163. The lowest BCUT2D eigenvalue weighted by molar-refractivity contribution is -0.136. The Hall–Kier alpha value is -3.54. The minimum absolute atomic E-state index is 0.328. The zero-order valence-corrected chi connectivity index (χ0v) is 15.1. The van der Waals surface area contributed by atoms with Crippen LogP contribution in [0.1, 0.15) is 11.1 Å². The monoisotopic (exact) mass is 364 g/mol. The third kappa shape index (κ3) is 4.17. The van der Waals surface area contributed by atoms with Crippen LogP contribution in [-0.2, 0) is 9.53 Å². The van der Waals surface area contributed by atoms with Crippen molar-refractivity contribution in [3.63, 3.8) is 0 Å². The van der Waals surface area contributed by atoms with E-state index in [1.165, 1.54) is 7.11 Å². The predicted molar refractivity (Wildman–Crippen MR) is 103 cm³/mol. The summed E-state index contributed by atoms with van der Waals surface area (Å²) in [6.45, 7) is 0. The van der Waals surface area contributed by atoms with Gasteiger partial charge in [-0.2, -0.15) is 0 Å². The largest absolute Gasteiger partial charge is 0.497 e. The van der Waals surface area contributed by atoms with Crippen LogP contribution in [0.3, 0.4) is 0 Å². The molecule has 1 aliphatic heterocycles. The van der Waals surface area contributed by atoms with Crippen molar-refractivity contribution in [1.29, 1.82) is 0 Å². The SMILES string of the molecule is COC(=O)C1=C(c2ccc(OC)cc2)NC(=O)NC1/C=C/c1ccccc1. The van der Waals surface area contributed by atoms with Crippen molar-refractivity contribution >= 4 is 23.8 Å². The summed E-state index contributed by atoms with van der Waals surface area (Å²) in [7, 11) is 2.89. The normalized spacial score (nSPS) is 16.7. The standard InChI is InChI=1S/C21H20N2O4/c1-26-16-11-9-15(10-12-16)19-18(20(24)27-2)17(22-21(25)23-19)13-8-14-6-4-3-5-7-14/h3-13,17H,1-2H3,(H2,22,23,25)/b13-8+. The van der Waals surface area contributed by atoms with Gasteiger partial charge in [-0.1, -0.05) is 42.5 Å². The second kappa shape index (κ2) is 8.23. The van der Waals surface area contributed by atoms with E-state index in [4.69, 9.17) is 9.47 Å². The molecule has 1 unspecified atom stereocenters. The van der Waals surface area contributed by atoms with Crippen molar-refractivity contribution < 1.29 is 19.1 Å². The van der Waals surface area contributed by atoms with Crippen LogP contribution in [0.15, 0.2) is 66.2 Å². The van der Waals surface area contributed by atoms with Crippen LogP contribution < -0.4 is 15.4 Å². The van der Waals surface area contributed by atoms with Gasteiger partial charge in [-0.25, -0.2) is 9.59 Å². The zero-order valence-electron chi connectivity index (χ0n) is 15.1. The molecule has 27 heavy (non-hydrogen) atoms. The van der Waals surface area contributed by atoms with Crippen LogP contribution >= 0.6 is 0 Å². The molecule has 2 aromatic carbocycles. The van der Waals surface area contributed by atoms with Crippen molar-refractivity contribution in [2.24, 2.45) is 0 Å². The van der Waals surface area contributed by atoms with Crippen LogP contribution in [0.25, 0.3) is 11.8 Å². The number of hydrogen-bond donors (Lipinski definition) is 2. The number of nitrogens with one attached hydrogen (secondary N) is 2. The number of rotatable bonds is 5. The molecule has 2 N–H and O–H groups in total. The molecule has 1 heterocycles. The molecule has 0 aromatic heterocycles. The predicted octanol–water partition coefficient (Wildman–Crippen LogP) is 2.97. The fraction of sp³-hybridized carbons (Fsp3) is 0.143. The van der Waals surface area contributed by atoms with Crippen molar-refractivity contribution in [3.8, 4) is 5.75 Å². The second-order valence-corrected chi connectivity index (χ2v) is 5.85. The van der Waals surface area contributed by atoms with E-state index in [2.05, 4.69) is 10.6 Å². The molecule has 0 radical (unpaired) electrons. The number of esters is 1. The number of urea groups is 1. The van der Waals surface area contributed by atoms with E-state index >= 15 is 0 Å². The van der Waals surface area contributed by atoms with Crippen LogP contribution in [-0.4, -0.2) is 32.3 Å². The highest BCUT2D eigenvalue weighted by Gasteiger charge is 2.31. The summed E-state index contributed by atoms with van der Waals surface area (Å²) in [5, 5.41) is 5.47. The number of hydrogen-bond acceptors (Lipinski definition) is 4. The number of carbonyl (C=O) groups excluding carboxylic acids is 2. The Kier molecular flexibility index (Phi) is 5.56. The van der Waals surface area contributed by atoms with Gasteiger partial charge in [0.1, 0.15) is 5.75 Å². The fourth-order valence-corrected chi connectivity index (χ4v) is 2.83. The average Bonchev–Trinajstić information content (AvgIpc) is 2.72. The zero-order chi connectivity index (χ0) is 19.2. The molecule has 0 aliphatic carbocycles. The minimum atomic E-state index is -0.622. The van der Waals surface area contributed by atoms with Gasteiger partial charge in [0.2, 0.25) is 0 Å². The van der Waals surface area contributed by atoms with E-state index < -0.39 is 18.0 Å².